The van der Waals surface area contributed by atoms with E-state index in [9.17, 15) is 4.79 Å². The fourth-order valence-electron chi connectivity index (χ4n) is 3.83. The number of aromatic amines is 1. The number of hydrogen-bond acceptors (Lipinski definition) is 5. The van der Waals surface area contributed by atoms with Gasteiger partial charge in [0.25, 0.3) is 0 Å². The van der Waals surface area contributed by atoms with Crippen LogP contribution in [0.3, 0.4) is 0 Å². The Morgan fingerprint density at radius 2 is 1.96 bits per heavy atom. The van der Waals surface area contributed by atoms with Gasteiger partial charge in [-0.05, 0) is 46.1 Å². The highest BCUT2D eigenvalue weighted by molar-refractivity contribution is 8.00. The van der Waals surface area contributed by atoms with Crippen LogP contribution in [0.5, 0.6) is 0 Å². The first kappa shape index (κ1) is 17.3. The molecule has 0 bridgehead atoms. The fraction of sp³-hybridized carbons (Fsp3) is 0.474. The molecule has 3 heterocycles. The third kappa shape index (κ3) is 3.05. The molecule has 1 aliphatic rings. The summed E-state index contributed by atoms with van der Waals surface area (Å²) in [4.78, 5) is 22.8. The SMILES string of the molecule is C[C@H](Sc1nnc2c(n1)[nH]c1ccccc12)C(=O)N1[C@@H](C)CCC[C@@H]1C. The number of aromatic nitrogens is 4. The van der Waals surface area contributed by atoms with E-state index in [4.69, 9.17) is 0 Å². The van der Waals surface area contributed by atoms with Crippen LogP contribution in [-0.4, -0.2) is 48.3 Å². The van der Waals surface area contributed by atoms with E-state index in [-0.39, 0.29) is 11.2 Å². The van der Waals surface area contributed by atoms with Crippen molar-refractivity contribution in [2.75, 3.05) is 0 Å². The van der Waals surface area contributed by atoms with Gasteiger partial charge in [-0.2, -0.15) is 0 Å². The number of H-pyrrole nitrogens is 1. The minimum Gasteiger partial charge on any atom is -0.338 e. The summed E-state index contributed by atoms with van der Waals surface area (Å²) < 4.78 is 0. The van der Waals surface area contributed by atoms with Crippen LogP contribution in [0.25, 0.3) is 22.1 Å². The first-order chi connectivity index (χ1) is 12.5. The Bertz CT molecular complexity index is 945. The van der Waals surface area contributed by atoms with Crippen LogP contribution in [0.15, 0.2) is 29.4 Å². The van der Waals surface area contributed by atoms with Crippen LogP contribution in [0.2, 0.25) is 0 Å². The third-order valence-electron chi connectivity index (χ3n) is 5.18. The summed E-state index contributed by atoms with van der Waals surface area (Å²) in [6, 6.07) is 8.54. The van der Waals surface area contributed by atoms with Gasteiger partial charge < -0.3 is 9.88 Å². The molecule has 1 saturated heterocycles. The first-order valence-corrected chi connectivity index (χ1v) is 10.0. The summed E-state index contributed by atoms with van der Waals surface area (Å²) in [5.41, 5.74) is 2.47. The normalized spacial score (nSPS) is 22.0. The molecule has 26 heavy (non-hydrogen) atoms. The quantitative estimate of drug-likeness (QED) is 0.711. The molecule has 1 aliphatic heterocycles. The molecule has 1 aromatic carbocycles. The molecule has 1 N–H and O–H groups in total. The standard InChI is InChI=1S/C19H23N5OS/c1-11-7-6-8-12(2)24(11)18(25)13(3)26-19-21-17-16(22-23-19)14-9-4-5-10-15(14)20-17/h4-5,9-13H,6-8H2,1-3H3,(H,20,21,23)/t11-,12-,13-/m0/s1. The van der Waals surface area contributed by atoms with Crippen molar-refractivity contribution in [2.45, 2.75) is 62.5 Å². The van der Waals surface area contributed by atoms with Crippen molar-refractivity contribution in [3.63, 3.8) is 0 Å². The van der Waals surface area contributed by atoms with Crippen LogP contribution in [0.1, 0.15) is 40.0 Å². The van der Waals surface area contributed by atoms with Gasteiger partial charge in [-0.1, -0.05) is 30.0 Å². The topological polar surface area (TPSA) is 74.8 Å². The van der Waals surface area contributed by atoms with E-state index in [2.05, 4.69) is 34.0 Å². The Kier molecular flexibility index (Phi) is 4.56. The molecule has 0 saturated carbocycles. The average Bonchev–Trinajstić information content (AvgIpc) is 2.99. The number of carbonyl (C=O) groups excluding carboxylic acids is 1. The van der Waals surface area contributed by atoms with E-state index in [0.29, 0.717) is 22.9 Å². The number of fused-ring (bicyclic) bond motifs is 3. The number of amides is 1. The fourth-order valence-corrected chi connectivity index (χ4v) is 4.60. The van der Waals surface area contributed by atoms with Crippen LogP contribution < -0.4 is 0 Å². The largest absolute Gasteiger partial charge is 0.338 e. The Balaban J connectivity index is 1.56. The number of nitrogens with one attached hydrogen (secondary N) is 1. The van der Waals surface area contributed by atoms with E-state index < -0.39 is 0 Å². The van der Waals surface area contributed by atoms with Crippen LogP contribution in [0.4, 0.5) is 0 Å². The summed E-state index contributed by atoms with van der Waals surface area (Å²) in [5, 5.41) is 9.89. The number of piperidine rings is 1. The molecule has 0 aliphatic carbocycles. The van der Waals surface area contributed by atoms with Crippen molar-refractivity contribution in [3.05, 3.63) is 24.3 Å². The van der Waals surface area contributed by atoms with E-state index in [0.717, 1.165) is 29.3 Å². The molecule has 4 rings (SSSR count). The number of hydrogen-bond donors (Lipinski definition) is 1. The maximum atomic E-state index is 12.9. The van der Waals surface area contributed by atoms with Gasteiger partial charge in [0.05, 0.1) is 5.25 Å². The average molecular weight is 369 g/mol. The van der Waals surface area contributed by atoms with Crippen molar-refractivity contribution >= 4 is 39.7 Å². The predicted octanol–water partition coefficient (Wildman–Crippen LogP) is 3.78. The first-order valence-electron chi connectivity index (χ1n) is 9.14. The van der Waals surface area contributed by atoms with E-state index >= 15 is 0 Å². The molecule has 0 radical (unpaired) electrons. The van der Waals surface area contributed by atoms with Crippen LogP contribution in [-0.2, 0) is 4.79 Å². The molecular formula is C19H23N5OS. The Labute approximate surface area is 156 Å². The van der Waals surface area contributed by atoms with Gasteiger partial charge in [-0.15, -0.1) is 10.2 Å². The lowest BCUT2D eigenvalue weighted by atomic mass is 9.97. The van der Waals surface area contributed by atoms with Gasteiger partial charge in [0.15, 0.2) is 5.65 Å². The predicted molar refractivity (Wildman–Crippen MR) is 104 cm³/mol. The highest BCUT2D eigenvalue weighted by Gasteiger charge is 2.32. The maximum Gasteiger partial charge on any atom is 0.236 e. The second-order valence-corrected chi connectivity index (χ2v) is 8.40. The molecule has 136 valence electrons. The molecule has 2 aromatic heterocycles. The highest BCUT2D eigenvalue weighted by Crippen LogP contribution is 2.29. The smallest absolute Gasteiger partial charge is 0.236 e. The number of benzene rings is 1. The lowest BCUT2D eigenvalue weighted by Crippen LogP contribution is -2.50. The van der Waals surface area contributed by atoms with Gasteiger partial charge >= 0.3 is 0 Å². The molecule has 3 atom stereocenters. The molecule has 7 heteroatoms. The zero-order valence-electron chi connectivity index (χ0n) is 15.3. The van der Waals surface area contributed by atoms with Crippen LogP contribution in [0, 0.1) is 0 Å². The number of rotatable bonds is 3. The van der Waals surface area contributed by atoms with E-state index in [1.807, 2.05) is 36.1 Å². The third-order valence-corrected chi connectivity index (χ3v) is 6.12. The van der Waals surface area contributed by atoms with Crippen molar-refractivity contribution in [3.8, 4) is 0 Å². The summed E-state index contributed by atoms with van der Waals surface area (Å²) in [6.45, 7) is 6.21. The summed E-state index contributed by atoms with van der Waals surface area (Å²) in [5.74, 6) is 0.162. The summed E-state index contributed by atoms with van der Waals surface area (Å²) in [7, 11) is 0. The van der Waals surface area contributed by atoms with Crippen molar-refractivity contribution in [1.82, 2.24) is 25.1 Å². The Hall–Kier alpha value is -2.15. The molecule has 1 amide bonds. The molecule has 3 aromatic rings. The zero-order valence-corrected chi connectivity index (χ0v) is 16.1. The van der Waals surface area contributed by atoms with Gasteiger partial charge in [-0.25, -0.2) is 4.98 Å². The van der Waals surface area contributed by atoms with Gasteiger partial charge in [-0.3, -0.25) is 4.79 Å². The maximum absolute atomic E-state index is 12.9. The van der Waals surface area contributed by atoms with Crippen molar-refractivity contribution in [2.24, 2.45) is 0 Å². The number of likely N-dealkylation sites (tertiary alicyclic amines) is 1. The summed E-state index contributed by atoms with van der Waals surface area (Å²) in [6.07, 6.45) is 3.34. The van der Waals surface area contributed by atoms with E-state index in [1.54, 1.807) is 0 Å². The van der Waals surface area contributed by atoms with Crippen molar-refractivity contribution in [1.29, 1.82) is 0 Å². The molecular weight excluding hydrogens is 346 g/mol. The lowest BCUT2D eigenvalue weighted by molar-refractivity contribution is -0.136. The Morgan fingerprint density at radius 1 is 1.23 bits per heavy atom. The Morgan fingerprint density at radius 3 is 2.73 bits per heavy atom. The van der Waals surface area contributed by atoms with E-state index in [1.165, 1.54) is 18.2 Å². The number of para-hydroxylation sites is 1. The molecule has 0 unspecified atom stereocenters. The van der Waals surface area contributed by atoms with Crippen LogP contribution >= 0.6 is 11.8 Å². The van der Waals surface area contributed by atoms with Gasteiger partial charge in [0, 0.05) is 23.0 Å². The van der Waals surface area contributed by atoms with Crippen molar-refractivity contribution < 1.29 is 4.79 Å². The molecule has 1 fully saturated rings. The number of thioether (sulfide) groups is 1. The summed E-state index contributed by atoms with van der Waals surface area (Å²) >= 11 is 1.38. The second kappa shape index (κ2) is 6.87. The number of carbonyl (C=O) groups is 1. The minimum absolute atomic E-state index is 0.162. The second-order valence-electron chi connectivity index (χ2n) is 7.10. The lowest BCUT2D eigenvalue weighted by Gasteiger charge is -2.40. The zero-order chi connectivity index (χ0) is 18.3. The highest BCUT2D eigenvalue weighted by atomic mass is 32.2. The minimum atomic E-state index is -0.235. The monoisotopic (exact) mass is 369 g/mol. The number of nitrogens with zero attached hydrogens (tertiary/aromatic N) is 4. The van der Waals surface area contributed by atoms with Gasteiger partial charge in [0.2, 0.25) is 11.1 Å². The molecule has 0 spiro atoms. The van der Waals surface area contributed by atoms with Gasteiger partial charge in [0.1, 0.15) is 5.52 Å². The molecule has 6 nitrogen and oxygen atoms in total.